The number of benzene rings is 1. The van der Waals surface area contributed by atoms with Gasteiger partial charge in [0.2, 0.25) is 0 Å². The highest BCUT2D eigenvalue weighted by Crippen LogP contribution is 2.61. The summed E-state index contributed by atoms with van der Waals surface area (Å²) in [5.74, 6) is 0.164. The van der Waals surface area contributed by atoms with Crippen molar-refractivity contribution in [3.05, 3.63) is 35.4 Å². The van der Waals surface area contributed by atoms with Gasteiger partial charge in [-0.15, -0.1) is 0 Å². The van der Waals surface area contributed by atoms with E-state index in [0.29, 0.717) is 5.92 Å². The molecule has 104 valence electrons. The van der Waals surface area contributed by atoms with Gasteiger partial charge in [-0.1, -0.05) is 29.8 Å². The van der Waals surface area contributed by atoms with Gasteiger partial charge in [0, 0.05) is 33.7 Å². The first-order valence-electron chi connectivity index (χ1n) is 6.94. The van der Waals surface area contributed by atoms with Gasteiger partial charge in [-0.3, -0.25) is 0 Å². The molecule has 3 nitrogen and oxygen atoms in total. The molecule has 0 bridgehead atoms. The number of fused-ring (bicyclic) bond motifs is 1. The Hall–Kier alpha value is -0.900. The minimum atomic E-state index is -0.461. The number of likely N-dealkylation sites (tertiary alicyclic amines) is 1. The van der Waals surface area contributed by atoms with Crippen molar-refractivity contribution < 1.29 is 9.47 Å². The van der Waals surface area contributed by atoms with Gasteiger partial charge in [-0.05, 0) is 25.5 Å². The van der Waals surface area contributed by atoms with Gasteiger partial charge < -0.3 is 14.4 Å². The number of methoxy groups -OCH3 is 2. The zero-order valence-electron chi connectivity index (χ0n) is 12.3. The fourth-order valence-corrected chi connectivity index (χ4v) is 4.21. The standard InChI is InChI=1S/C16H23NO2/c1-12-5-7-13(8-6-12)15-11-17(2)10-14(15)9-16(15,18-3)19-4/h5-8,14H,9-11H2,1-4H3/t14-,15+/m1/s1. The van der Waals surface area contributed by atoms with Crippen LogP contribution in [-0.2, 0) is 14.9 Å². The van der Waals surface area contributed by atoms with Crippen LogP contribution in [0, 0.1) is 12.8 Å². The van der Waals surface area contributed by atoms with Crippen molar-refractivity contribution in [1.82, 2.24) is 4.90 Å². The van der Waals surface area contributed by atoms with Crippen molar-refractivity contribution in [2.75, 3.05) is 34.4 Å². The SMILES string of the molecule is COC1(OC)C[C@@H]2CN(C)C[C@]21c1ccc(C)cc1. The highest BCUT2D eigenvalue weighted by molar-refractivity contribution is 5.39. The minimum Gasteiger partial charge on any atom is -0.352 e. The average molecular weight is 261 g/mol. The molecule has 1 saturated heterocycles. The molecular weight excluding hydrogens is 238 g/mol. The van der Waals surface area contributed by atoms with Crippen LogP contribution < -0.4 is 0 Å². The molecule has 2 atom stereocenters. The number of ether oxygens (including phenoxy) is 2. The molecule has 1 aliphatic heterocycles. The lowest BCUT2D eigenvalue weighted by molar-refractivity contribution is -0.314. The molecule has 3 heteroatoms. The van der Waals surface area contributed by atoms with Crippen LogP contribution >= 0.6 is 0 Å². The fraction of sp³-hybridized carbons (Fsp3) is 0.625. The van der Waals surface area contributed by atoms with Crippen molar-refractivity contribution in [2.24, 2.45) is 5.92 Å². The summed E-state index contributed by atoms with van der Waals surface area (Å²) in [7, 11) is 5.73. The molecule has 0 N–H and O–H groups in total. The smallest absolute Gasteiger partial charge is 0.179 e. The van der Waals surface area contributed by atoms with E-state index in [-0.39, 0.29) is 5.41 Å². The Morgan fingerprint density at radius 3 is 2.32 bits per heavy atom. The number of hydrogen-bond donors (Lipinski definition) is 0. The van der Waals surface area contributed by atoms with Crippen LogP contribution in [0.2, 0.25) is 0 Å². The van der Waals surface area contributed by atoms with Gasteiger partial charge in [-0.2, -0.15) is 0 Å². The Kier molecular flexibility index (Phi) is 2.97. The number of likely N-dealkylation sites (N-methyl/N-ethyl adjacent to an activating group) is 1. The second kappa shape index (κ2) is 4.30. The van der Waals surface area contributed by atoms with Gasteiger partial charge in [-0.25, -0.2) is 0 Å². The summed E-state index contributed by atoms with van der Waals surface area (Å²) in [6.45, 7) is 4.26. The van der Waals surface area contributed by atoms with Crippen LogP contribution in [0.3, 0.4) is 0 Å². The second-order valence-electron chi connectivity index (χ2n) is 6.10. The molecule has 0 amide bonds. The van der Waals surface area contributed by atoms with E-state index >= 15 is 0 Å². The highest BCUT2D eigenvalue weighted by Gasteiger charge is 2.70. The van der Waals surface area contributed by atoms with E-state index in [1.807, 2.05) is 0 Å². The average Bonchev–Trinajstić information content (AvgIpc) is 2.67. The number of rotatable bonds is 3. The largest absolute Gasteiger partial charge is 0.352 e. The second-order valence-corrected chi connectivity index (χ2v) is 6.10. The molecule has 2 aliphatic rings. The van der Waals surface area contributed by atoms with E-state index in [2.05, 4.69) is 43.1 Å². The maximum atomic E-state index is 5.82. The van der Waals surface area contributed by atoms with Crippen LogP contribution in [0.15, 0.2) is 24.3 Å². The van der Waals surface area contributed by atoms with Gasteiger partial charge in [0.25, 0.3) is 0 Å². The third-order valence-corrected chi connectivity index (χ3v) is 5.17. The quantitative estimate of drug-likeness (QED) is 0.779. The summed E-state index contributed by atoms with van der Waals surface area (Å²) >= 11 is 0. The van der Waals surface area contributed by atoms with Crippen LogP contribution in [0.5, 0.6) is 0 Å². The van der Waals surface area contributed by atoms with Gasteiger partial charge >= 0.3 is 0 Å². The molecule has 1 aliphatic carbocycles. The first kappa shape index (κ1) is 13.1. The zero-order valence-corrected chi connectivity index (χ0v) is 12.3. The predicted molar refractivity (Wildman–Crippen MR) is 75.2 cm³/mol. The molecule has 1 aromatic rings. The molecule has 0 radical (unpaired) electrons. The van der Waals surface area contributed by atoms with Crippen LogP contribution in [0.4, 0.5) is 0 Å². The first-order valence-corrected chi connectivity index (χ1v) is 6.94. The van der Waals surface area contributed by atoms with Crippen molar-refractivity contribution in [1.29, 1.82) is 0 Å². The van der Waals surface area contributed by atoms with Crippen molar-refractivity contribution in [2.45, 2.75) is 24.5 Å². The number of aryl methyl sites for hydroxylation is 1. The van der Waals surface area contributed by atoms with E-state index in [1.165, 1.54) is 11.1 Å². The molecule has 1 heterocycles. The Bertz CT molecular complexity index is 466. The summed E-state index contributed by atoms with van der Waals surface area (Å²) in [5, 5.41) is 0. The fourth-order valence-electron chi connectivity index (χ4n) is 4.21. The summed E-state index contributed by atoms with van der Waals surface area (Å²) in [6, 6.07) is 8.86. The van der Waals surface area contributed by atoms with E-state index in [0.717, 1.165) is 19.5 Å². The van der Waals surface area contributed by atoms with Crippen LogP contribution in [-0.4, -0.2) is 45.0 Å². The molecule has 3 rings (SSSR count). The molecule has 0 unspecified atom stereocenters. The lowest BCUT2D eigenvalue weighted by Crippen LogP contribution is -2.68. The Balaban J connectivity index is 2.08. The lowest BCUT2D eigenvalue weighted by Gasteiger charge is -2.59. The lowest BCUT2D eigenvalue weighted by atomic mass is 9.53. The number of nitrogens with zero attached hydrogens (tertiary/aromatic N) is 1. The van der Waals surface area contributed by atoms with E-state index in [4.69, 9.17) is 9.47 Å². The molecule has 0 spiro atoms. The Morgan fingerprint density at radius 2 is 1.79 bits per heavy atom. The first-order chi connectivity index (χ1) is 9.08. The van der Waals surface area contributed by atoms with Crippen LogP contribution in [0.25, 0.3) is 0 Å². The predicted octanol–water partition coefficient (Wildman–Crippen LogP) is 2.19. The number of hydrogen-bond acceptors (Lipinski definition) is 3. The van der Waals surface area contributed by atoms with Crippen LogP contribution in [0.1, 0.15) is 17.5 Å². The molecule has 19 heavy (non-hydrogen) atoms. The van der Waals surface area contributed by atoms with Gasteiger partial charge in [0.05, 0.1) is 5.41 Å². The summed E-state index contributed by atoms with van der Waals surface area (Å²) in [5.41, 5.74) is 2.63. The maximum Gasteiger partial charge on any atom is 0.179 e. The van der Waals surface area contributed by atoms with E-state index in [9.17, 15) is 0 Å². The minimum absolute atomic E-state index is 0.0149. The van der Waals surface area contributed by atoms with Crippen molar-refractivity contribution in [3.8, 4) is 0 Å². The molecule has 0 aromatic heterocycles. The Labute approximate surface area is 115 Å². The molecule has 2 fully saturated rings. The third-order valence-electron chi connectivity index (χ3n) is 5.17. The Morgan fingerprint density at radius 1 is 1.16 bits per heavy atom. The summed E-state index contributed by atoms with van der Waals surface area (Å²) < 4.78 is 11.6. The highest BCUT2D eigenvalue weighted by atomic mass is 16.7. The molecule has 1 aromatic carbocycles. The normalized spacial score (nSPS) is 32.9. The maximum absolute atomic E-state index is 5.82. The molecule has 1 saturated carbocycles. The van der Waals surface area contributed by atoms with Gasteiger partial charge in [0.15, 0.2) is 5.79 Å². The van der Waals surface area contributed by atoms with E-state index in [1.54, 1.807) is 14.2 Å². The third kappa shape index (κ3) is 1.55. The van der Waals surface area contributed by atoms with Crippen molar-refractivity contribution in [3.63, 3.8) is 0 Å². The summed E-state index contributed by atoms with van der Waals surface area (Å²) in [6.07, 6.45) is 0.984. The van der Waals surface area contributed by atoms with Crippen molar-refractivity contribution >= 4 is 0 Å². The monoisotopic (exact) mass is 261 g/mol. The summed E-state index contributed by atoms with van der Waals surface area (Å²) in [4.78, 5) is 2.39. The topological polar surface area (TPSA) is 21.7 Å². The molecular formula is C16H23NO2. The zero-order chi connectivity index (χ0) is 13.7. The van der Waals surface area contributed by atoms with E-state index < -0.39 is 5.79 Å². The van der Waals surface area contributed by atoms with Gasteiger partial charge in [0.1, 0.15) is 0 Å².